The summed E-state index contributed by atoms with van der Waals surface area (Å²) in [4.78, 5) is 27.1. The quantitative estimate of drug-likeness (QED) is 0.836. The normalized spacial score (nSPS) is 19.2. The molecule has 0 radical (unpaired) electrons. The number of carbonyl (C=O) groups excluding carboxylic acids is 2. The maximum Gasteiger partial charge on any atom is 0.321 e. The summed E-state index contributed by atoms with van der Waals surface area (Å²) in [5, 5.41) is 5.73. The number of halogens is 1. The van der Waals surface area contributed by atoms with Gasteiger partial charge in [0.25, 0.3) is 0 Å². The highest BCUT2D eigenvalue weighted by Gasteiger charge is 2.39. The lowest BCUT2D eigenvalue weighted by Gasteiger charge is -2.39. The lowest BCUT2D eigenvalue weighted by atomic mass is 9.81. The molecule has 1 heterocycles. The number of amides is 3. The Kier molecular flexibility index (Phi) is 5.97. The third kappa shape index (κ3) is 4.68. The molecule has 0 spiro atoms. The van der Waals surface area contributed by atoms with E-state index in [4.69, 9.17) is 0 Å². The average molecular weight is 383 g/mol. The summed E-state index contributed by atoms with van der Waals surface area (Å²) >= 11 is 0. The van der Waals surface area contributed by atoms with Gasteiger partial charge in [-0.2, -0.15) is 0 Å². The summed E-state index contributed by atoms with van der Waals surface area (Å²) < 4.78 is 13.3. The minimum Gasteiger partial charge on any atom is -0.351 e. The maximum atomic E-state index is 13.3. The molecule has 3 rings (SSSR count). The number of nitrogens with zero attached hydrogens (tertiary/aromatic N) is 1. The van der Waals surface area contributed by atoms with Gasteiger partial charge in [0.15, 0.2) is 0 Å². The number of hydrogen-bond donors (Lipinski definition) is 2. The summed E-state index contributed by atoms with van der Waals surface area (Å²) in [5.74, 6) is -0.462. The van der Waals surface area contributed by atoms with Crippen molar-refractivity contribution in [3.05, 3.63) is 65.5 Å². The smallest absolute Gasteiger partial charge is 0.321 e. The third-order valence-corrected chi connectivity index (χ3v) is 5.31. The van der Waals surface area contributed by atoms with Crippen LogP contribution < -0.4 is 10.6 Å². The molecule has 0 aromatic heterocycles. The molecule has 28 heavy (non-hydrogen) atoms. The number of aryl methyl sites for hydroxylation is 1. The molecule has 0 bridgehead atoms. The molecule has 2 N–H and O–H groups in total. The van der Waals surface area contributed by atoms with E-state index in [1.165, 1.54) is 12.1 Å². The van der Waals surface area contributed by atoms with Crippen molar-refractivity contribution in [2.45, 2.75) is 33.2 Å². The first-order chi connectivity index (χ1) is 13.4. The second-order valence-electron chi connectivity index (χ2n) is 7.64. The topological polar surface area (TPSA) is 61.4 Å². The predicted molar refractivity (Wildman–Crippen MR) is 107 cm³/mol. The van der Waals surface area contributed by atoms with Gasteiger partial charge in [0.1, 0.15) is 5.82 Å². The highest BCUT2D eigenvalue weighted by molar-refractivity contribution is 5.90. The molecule has 1 saturated heterocycles. The summed E-state index contributed by atoms with van der Waals surface area (Å²) in [5.41, 5.74) is 1.96. The van der Waals surface area contributed by atoms with E-state index in [1.54, 1.807) is 17.0 Å². The monoisotopic (exact) mass is 383 g/mol. The van der Waals surface area contributed by atoms with Crippen LogP contribution in [0.4, 0.5) is 14.9 Å². The van der Waals surface area contributed by atoms with Crippen LogP contribution in [0.3, 0.4) is 0 Å². The molecule has 3 amide bonds. The van der Waals surface area contributed by atoms with Crippen molar-refractivity contribution in [1.82, 2.24) is 10.2 Å². The molecule has 6 heteroatoms. The molecular weight excluding hydrogens is 357 g/mol. The van der Waals surface area contributed by atoms with Gasteiger partial charge in [0.2, 0.25) is 5.91 Å². The number of likely N-dealkylation sites (tertiary alicyclic amines) is 1. The van der Waals surface area contributed by atoms with Gasteiger partial charge in [-0.15, -0.1) is 0 Å². The van der Waals surface area contributed by atoms with E-state index in [0.29, 0.717) is 25.3 Å². The van der Waals surface area contributed by atoms with Crippen LogP contribution in [0, 0.1) is 18.2 Å². The largest absolute Gasteiger partial charge is 0.351 e. The fourth-order valence-corrected chi connectivity index (χ4v) is 3.56. The predicted octanol–water partition coefficient (Wildman–Crippen LogP) is 4.08. The van der Waals surface area contributed by atoms with Crippen LogP contribution in [-0.4, -0.2) is 29.9 Å². The van der Waals surface area contributed by atoms with E-state index < -0.39 is 11.2 Å². The zero-order valence-corrected chi connectivity index (χ0v) is 16.3. The van der Waals surface area contributed by atoms with Crippen molar-refractivity contribution >= 4 is 17.6 Å². The molecular formula is C22H26FN3O2. The number of anilines is 1. The van der Waals surface area contributed by atoms with Crippen molar-refractivity contribution in [2.75, 3.05) is 18.4 Å². The minimum atomic E-state index is -0.653. The average Bonchev–Trinajstić information content (AvgIpc) is 2.67. The van der Waals surface area contributed by atoms with Crippen molar-refractivity contribution in [2.24, 2.45) is 5.41 Å². The zero-order chi connectivity index (χ0) is 20.1. The SMILES string of the molecule is Cc1ccccc1CNC(=O)[C@]1(C)CCCN(C(=O)Nc2cccc(F)c2)C1. The number of benzene rings is 2. The second kappa shape index (κ2) is 8.42. The lowest BCUT2D eigenvalue weighted by Crippen LogP contribution is -2.52. The molecule has 1 aliphatic heterocycles. The molecule has 0 unspecified atom stereocenters. The fraction of sp³-hybridized carbons (Fsp3) is 0.364. The van der Waals surface area contributed by atoms with Gasteiger partial charge in [-0.05, 0) is 56.0 Å². The number of piperidine rings is 1. The molecule has 0 aliphatic carbocycles. The molecule has 2 aromatic carbocycles. The third-order valence-electron chi connectivity index (χ3n) is 5.31. The van der Waals surface area contributed by atoms with Gasteiger partial charge < -0.3 is 15.5 Å². The Labute approximate surface area is 164 Å². The fourth-order valence-electron chi connectivity index (χ4n) is 3.56. The molecule has 148 valence electrons. The molecule has 1 fully saturated rings. The van der Waals surface area contributed by atoms with Gasteiger partial charge in [-0.25, -0.2) is 9.18 Å². The van der Waals surface area contributed by atoms with E-state index >= 15 is 0 Å². The van der Waals surface area contributed by atoms with E-state index in [-0.39, 0.29) is 11.9 Å². The van der Waals surface area contributed by atoms with E-state index in [2.05, 4.69) is 10.6 Å². The highest BCUT2D eigenvalue weighted by atomic mass is 19.1. The number of hydrogen-bond acceptors (Lipinski definition) is 2. The molecule has 5 nitrogen and oxygen atoms in total. The Bertz CT molecular complexity index is 870. The second-order valence-corrected chi connectivity index (χ2v) is 7.64. The highest BCUT2D eigenvalue weighted by Crippen LogP contribution is 2.30. The van der Waals surface area contributed by atoms with Crippen molar-refractivity contribution in [1.29, 1.82) is 0 Å². The Hall–Kier alpha value is -2.89. The maximum absolute atomic E-state index is 13.3. The van der Waals surface area contributed by atoms with E-state index in [1.807, 2.05) is 38.1 Å². The van der Waals surface area contributed by atoms with E-state index in [0.717, 1.165) is 24.0 Å². The standard InChI is InChI=1S/C22H26FN3O2/c1-16-7-3-4-8-17(16)14-24-20(27)22(2)11-6-12-26(15-22)21(28)25-19-10-5-9-18(23)13-19/h3-5,7-10,13H,6,11-12,14-15H2,1-2H3,(H,24,27)(H,25,28)/t22-/m1/s1. The van der Waals surface area contributed by atoms with Gasteiger partial charge >= 0.3 is 6.03 Å². The van der Waals surface area contributed by atoms with Gasteiger partial charge in [-0.1, -0.05) is 30.3 Å². The van der Waals surface area contributed by atoms with Crippen LogP contribution >= 0.6 is 0 Å². The Morgan fingerprint density at radius 1 is 1.18 bits per heavy atom. The number of nitrogens with one attached hydrogen (secondary N) is 2. The molecule has 1 aliphatic rings. The first-order valence-electron chi connectivity index (χ1n) is 9.52. The first kappa shape index (κ1) is 19.9. The Balaban J connectivity index is 1.61. The van der Waals surface area contributed by atoms with Crippen LogP contribution in [0.15, 0.2) is 48.5 Å². The number of rotatable bonds is 4. The van der Waals surface area contributed by atoms with Crippen molar-refractivity contribution in [3.63, 3.8) is 0 Å². The molecule has 0 saturated carbocycles. The number of carbonyl (C=O) groups is 2. The van der Waals surface area contributed by atoms with Gasteiger partial charge in [-0.3, -0.25) is 4.79 Å². The number of urea groups is 1. The summed E-state index contributed by atoms with van der Waals surface area (Å²) in [6, 6.07) is 13.4. The van der Waals surface area contributed by atoms with Crippen LogP contribution in [0.25, 0.3) is 0 Å². The lowest BCUT2D eigenvalue weighted by molar-refractivity contribution is -0.132. The summed E-state index contributed by atoms with van der Waals surface area (Å²) in [6.07, 6.45) is 1.46. The van der Waals surface area contributed by atoms with Crippen molar-refractivity contribution in [3.8, 4) is 0 Å². The van der Waals surface area contributed by atoms with Crippen molar-refractivity contribution < 1.29 is 14.0 Å². The van der Waals surface area contributed by atoms with E-state index in [9.17, 15) is 14.0 Å². The zero-order valence-electron chi connectivity index (χ0n) is 16.3. The molecule has 2 aromatic rings. The summed E-state index contributed by atoms with van der Waals surface area (Å²) in [6.45, 7) is 5.27. The van der Waals surface area contributed by atoms with Crippen LogP contribution in [0.1, 0.15) is 30.9 Å². The van der Waals surface area contributed by atoms with Gasteiger partial charge in [0, 0.05) is 25.3 Å². The van der Waals surface area contributed by atoms with Gasteiger partial charge in [0.05, 0.1) is 5.41 Å². The Morgan fingerprint density at radius 2 is 1.96 bits per heavy atom. The summed E-state index contributed by atoms with van der Waals surface area (Å²) in [7, 11) is 0. The van der Waals surface area contributed by atoms with Crippen LogP contribution in [0.2, 0.25) is 0 Å². The Morgan fingerprint density at radius 3 is 2.71 bits per heavy atom. The van der Waals surface area contributed by atoms with Crippen LogP contribution in [-0.2, 0) is 11.3 Å². The first-order valence-corrected chi connectivity index (χ1v) is 9.52. The molecule has 1 atom stereocenters. The van der Waals surface area contributed by atoms with Crippen LogP contribution in [0.5, 0.6) is 0 Å². The minimum absolute atomic E-state index is 0.0565.